The van der Waals surface area contributed by atoms with Gasteiger partial charge in [-0.2, -0.15) is 0 Å². The van der Waals surface area contributed by atoms with E-state index in [1.165, 1.54) is 0 Å². The zero-order valence-electron chi connectivity index (χ0n) is 13.3. The van der Waals surface area contributed by atoms with Crippen molar-refractivity contribution in [2.45, 2.75) is 25.3 Å². The molecular weight excluding hydrogens is 308 g/mol. The Morgan fingerprint density at radius 1 is 1.17 bits per heavy atom. The van der Waals surface area contributed by atoms with Gasteiger partial charge in [-0.25, -0.2) is 9.59 Å². The quantitative estimate of drug-likeness (QED) is 0.268. The van der Waals surface area contributed by atoms with E-state index in [0.29, 0.717) is 52.2 Å². The van der Waals surface area contributed by atoms with Crippen LogP contribution < -0.4 is 10.6 Å². The van der Waals surface area contributed by atoms with Crippen molar-refractivity contribution < 1.29 is 33.3 Å². The molecule has 0 aromatic carbocycles. The number of hydrogen-bond acceptors (Lipinski definition) is 7. The molecule has 1 saturated heterocycles. The Bertz CT molecular complexity index is 389. The van der Waals surface area contributed by atoms with Gasteiger partial charge in [0.05, 0.1) is 26.4 Å². The van der Waals surface area contributed by atoms with Crippen LogP contribution in [0.1, 0.15) is 19.3 Å². The molecular formula is C14H24N2O7. The zero-order chi connectivity index (χ0) is 16.9. The van der Waals surface area contributed by atoms with E-state index in [1.54, 1.807) is 7.11 Å². The number of nitrogens with one attached hydrogen (secondary N) is 2. The first-order valence-corrected chi connectivity index (χ1v) is 7.56. The number of cyclic esters (lactones) is 2. The maximum absolute atomic E-state index is 11.5. The van der Waals surface area contributed by atoms with E-state index in [9.17, 15) is 14.4 Å². The topological polar surface area (TPSA) is 112 Å². The van der Waals surface area contributed by atoms with Crippen LogP contribution in [-0.4, -0.2) is 70.7 Å². The van der Waals surface area contributed by atoms with Gasteiger partial charge in [0, 0.05) is 13.7 Å². The van der Waals surface area contributed by atoms with Crippen molar-refractivity contribution in [2.24, 2.45) is 0 Å². The zero-order valence-corrected chi connectivity index (χ0v) is 13.3. The van der Waals surface area contributed by atoms with Gasteiger partial charge in [0.25, 0.3) is 0 Å². The second-order valence-electron chi connectivity index (χ2n) is 4.91. The third-order valence-electron chi connectivity index (χ3n) is 3.05. The van der Waals surface area contributed by atoms with Crippen LogP contribution in [0.2, 0.25) is 0 Å². The largest absolute Gasteiger partial charge is 0.415 e. The summed E-state index contributed by atoms with van der Waals surface area (Å²) >= 11 is 0. The number of unbranched alkanes of at least 4 members (excludes halogenated alkanes) is 1. The first-order valence-electron chi connectivity index (χ1n) is 7.56. The molecule has 23 heavy (non-hydrogen) atoms. The lowest BCUT2D eigenvalue weighted by Gasteiger charge is -2.08. The number of amides is 2. The number of ether oxygens (including phenoxy) is 4. The highest BCUT2D eigenvalue weighted by atomic mass is 16.6. The smallest absolute Gasteiger partial charge is 0.382 e. The van der Waals surface area contributed by atoms with Crippen LogP contribution in [0.5, 0.6) is 0 Å². The highest BCUT2D eigenvalue weighted by Gasteiger charge is 2.31. The molecule has 0 saturated carbocycles. The molecule has 0 aromatic heterocycles. The van der Waals surface area contributed by atoms with Crippen molar-refractivity contribution in [3.63, 3.8) is 0 Å². The van der Waals surface area contributed by atoms with Gasteiger partial charge in [-0.05, 0) is 19.3 Å². The van der Waals surface area contributed by atoms with E-state index in [-0.39, 0.29) is 12.5 Å². The summed E-state index contributed by atoms with van der Waals surface area (Å²) in [5.41, 5.74) is 0. The van der Waals surface area contributed by atoms with Crippen LogP contribution in [0.3, 0.4) is 0 Å². The normalized spacial score (nSPS) is 17.0. The fraction of sp³-hybridized carbons (Fsp3) is 0.786. The number of esters is 1. The Morgan fingerprint density at radius 2 is 1.91 bits per heavy atom. The van der Waals surface area contributed by atoms with E-state index in [2.05, 4.69) is 15.4 Å². The summed E-state index contributed by atoms with van der Waals surface area (Å²) in [7, 11) is 1.60. The Balaban J connectivity index is 1.88. The van der Waals surface area contributed by atoms with Crippen LogP contribution >= 0.6 is 0 Å². The van der Waals surface area contributed by atoms with Gasteiger partial charge < -0.3 is 29.6 Å². The summed E-state index contributed by atoms with van der Waals surface area (Å²) in [6.07, 6.45) is 1.19. The summed E-state index contributed by atoms with van der Waals surface area (Å²) < 4.78 is 19.5. The van der Waals surface area contributed by atoms with Crippen LogP contribution in [0.4, 0.5) is 4.79 Å². The first-order chi connectivity index (χ1) is 11.1. The molecule has 1 rings (SSSR count). The fourth-order valence-electron chi connectivity index (χ4n) is 1.86. The number of rotatable bonds is 13. The van der Waals surface area contributed by atoms with Gasteiger partial charge in [0.15, 0.2) is 0 Å². The molecule has 9 nitrogen and oxygen atoms in total. The Hall–Kier alpha value is -1.71. The highest BCUT2D eigenvalue weighted by molar-refractivity contribution is 5.95. The lowest BCUT2D eigenvalue weighted by atomic mass is 10.1. The van der Waals surface area contributed by atoms with Crippen LogP contribution in [0.15, 0.2) is 0 Å². The van der Waals surface area contributed by atoms with Crippen molar-refractivity contribution in [2.75, 3.05) is 46.7 Å². The lowest BCUT2D eigenvalue weighted by molar-refractivity contribution is -0.135. The van der Waals surface area contributed by atoms with Gasteiger partial charge in [-0.1, -0.05) is 0 Å². The predicted molar refractivity (Wildman–Crippen MR) is 78.8 cm³/mol. The van der Waals surface area contributed by atoms with Gasteiger partial charge in [0.1, 0.15) is 12.6 Å². The molecule has 0 aromatic rings. The molecule has 9 heteroatoms. The van der Waals surface area contributed by atoms with Crippen LogP contribution in [-0.2, 0) is 28.5 Å². The molecule has 0 radical (unpaired) electrons. The van der Waals surface area contributed by atoms with Gasteiger partial charge in [-0.15, -0.1) is 0 Å². The molecule has 1 atom stereocenters. The minimum Gasteiger partial charge on any atom is -0.382 e. The van der Waals surface area contributed by atoms with Crippen molar-refractivity contribution in [1.29, 1.82) is 0 Å². The van der Waals surface area contributed by atoms with Gasteiger partial charge in [-0.3, -0.25) is 4.79 Å². The second kappa shape index (κ2) is 11.8. The predicted octanol–water partition coefficient (Wildman–Crippen LogP) is -0.412. The minimum absolute atomic E-state index is 0.0152. The maximum Gasteiger partial charge on any atom is 0.415 e. The van der Waals surface area contributed by atoms with E-state index in [0.717, 1.165) is 0 Å². The van der Waals surface area contributed by atoms with E-state index in [1.807, 2.05) is 0 Å². The minimum atomic E-state index is -0.698. The lowest BCUT2D eigenvalue weighted by Crippen LogP contribution is -2.30. The molecule has 132 valence electrons. The van der Waals surface area contributed by atoms with Gasteiger partial charge >= 0.3 is 12.1 Å². The Kier molecular flexibility index (Phi) is 9.92. The van der Waals surface area contributed by atoms with Crippen LogP contribution in [0.25, 0.3) is 0 Å². The van der Waals surface area contributed by atoms with Crippen molar-refractivity contribution in [1.82, 2.24) is 10.6 Å². The average Bonchev–Trinajstić information content (AvgIpc) is 2.84. The maximum atomic E-state index is 11.5. The van der Waals surface area contributed by atoms with Crippen molar-refractivity contribution in [3.8, 4) is 0 Å². The molecule has 1 fully saturated rings. The van der Waals surface area contributed by atoms with E-state index in [4.69, 9.17) is 14.2 Å². The standard InChI is InChI=1S/C14H24N2O7/c1-20-6-7-21-8-9-22-10-12(17)15-5-3-2-4-11-13(18)23-14(19)16-11/h11H,2-10H2,1H3,(H,15,17)(H,16,19)/t11-/m0/s1. The summed E-state index contributed by atoms with van der Waals surface area (Å²) in [6, 6.07) is -0.570. The average molecular weight is 332 g/mol. The molecule has 0 spiro atoms. The number of carbonyl (C=O) groups is 3. The summed E-state index contributed by atoms with van der Waals surface area (Å²) in [6.45, 7) is 2.27. The van der Waals surface area contributed by atoms with Crippen LogP contribution in [0, 0.1) is 0 Å². The summed E-state index contributed by atoms with van der Waals surface area (Å²) in [5.74, 6) is -0.740. The Labute approximate surface area is 135 Å². The molecule has 1 aliphatic rings. The second-order valence-corrected chi connectivity index (χ2v) is 4.91. The summed E-state index contributed by atoms with van der Waals surface area (Å²) in [5, 5.41) is 5.13. The number of methoxy groups -OCH3 is 1. The fourth-order valence-corrected chi connectivity index (χ4v) is 1.86. The summed E-state index contributed by atoms with van der Waals surface area (Å²) in [4.78, 5) is 33.4. The number of hydrogen-bond donors (Lipinski definition) is 2. The van der Waals surface area contributed by atoms with E-state index >= 15 is 0 Å². The van der Waals surface area contributed by atoms with Crippen molar-refractivity contribution >= 4 is 18.0 Å². The molecule has 0 bridgehead atoms. The van der Waals surface area contributed by atoms with E-state index < -0.39 is 18.1 Å². The molecule has 1 heterocycles. The van der Waals surface area contributed by atoms with Crippen molar-refractivity contribution in [3.05, 3.63) is 0 Å². The third kappa shape index (κ3) is 9.11. The molecule has 0 unspecified atom stereocenters. The highest BCUT2D eigenvalue weighted by Crippen LogP contribution is 2.08. The monoisotopic (exact) mass is 332 g/mol. The molecule has 1 aliphatic heterocycles. The molecule has 0 aliphatic carbocycles. The first kappa shape index (κ1) is 19.3. The third-order valence-corrected chi connectivity index (χ3v) is 3.05. The molecule has 2 N–H and O–H groups in total. The molecule has 2 amide bonds. The number of carbonyl (C=O) groups excluding carboxylic acids is 3. The van der Waals surface area contributed by atoms with Gasteiger partial charge in [0.2, 0.25) is 5.91 Å². The Morgan fingerprint density at radius 3 is 2.61 bits per heavy atom. The number of alkyl carbamates (subject to hydrolysis) is 1. The SMILES string of the molecule is COCCOCCOCC(=O)NCCCC[C@@H]1NC(=O)OC1=O.